The second kappa shape index (κ2) is 42.5. The monoisotopic (exact) mass is 1940 g/mol. The molecule has 4 nitrogen and oxygen atoms in total. The van der Waals surface area contributed by atoms with E-state index >= 15 is 0 Å². The van der Waals surface area contributed by atoms with Crippen LogP contribution in [0.2, 0.25) is 0 Å². The van der Waals surface area contributed by atoms with E-state index in [0.29, 0.717) is 0 Å². The van der Waals surface area contributed by atoms with E-state index in [-0.39, 0.29) is 11.8 Å². The highest BCUT2D eigenvalue weighted by Crippen LogP contribution is 2.46. The minimum atomic E-state index is -2.83. The van der Waals surface area contributed by atoms with Crippen LogP contribution in [0.4, 0.5) is 0 Å². The van der Waals surface area contributed by atoms with Crippen LogP contribution in [0.5, 0.6) is 23.0 Å². The fourth-order valence-corrected chi connectivity index (χ4v) is 37.6. The zero-order valence-corrected chi connectivity index (χ0v) is 80.1. The van der Waals surface area contributed by atoms with Crippen LogP contribution in [-0.2, 0) is 72.5 Å². The molecule has 0 aliphatic heterocycles. The molecule has 618 valence electrons. The van der Waals surface area contributed by atoms with Crippen molar-refractivity contribution in [2.24, 2.45) is 0 Å². The van der Waals surface area contributed by atoms with Gasteiger partial charge in [-0.3, -0.25) is 0 Å². The molecule has 0 atom stereocenters. The Kier molecular flexibility index (Phi) is 29.8. The summed E-state index contributed by atoms with van der Waals surface area (Å²) in [6, 6.07) is 169. The van der Waals surface area contributed by atoms with Crippen molar-refractivity contribution in [1.29, 1.82) is 0 Å². The van der Waals surface area contributed by atoms with Crippen molar-refractivity contribution in [1.82, 2.24) is 0 Å². The van der Waals surface area contributed by atoms with Gasteiger partial charge < -0.3 is 17.7 Å². The van der Waals surface area contributed by atoms with E-state index in [4.69, 9.17) is 17.7 Å². The van der Waals surface area contributed by atoms with Gasteiger partial charge in [-0.25, -0.2) is 0 Å². The molecule has 0 radical (unpaired) electrons. The Bertz CT molecular complexity index is 4860. The molecule has 16 rings (SSSR count). The third-order valence-electron chi connectivity index (χ3n) is 23.9. The van der Waals surface area contributed by atoms with E-state index in [1.54, 1.807) is 0 Å². The minimum Gasteiger partial charge on any atom is -0.542 e. The molecule has 0 N–H and O–H groups in total. The highest BCUT2D eigenvalue weighted by atomic mass is 79.9. The van der Waals surface area contributed by atoms with Crippen LogP contribution in [0, 0.1) is 0 Å². The molecule has 0 bridgehead atoms. The molecule has 0 saturated carbocycles. The van der Waals surface area contributed by atoms with Crippen molar-refractivity contribution < 1.29 is 17.7 Å². The number of hydrogen-bond acceptors (Lipinski definition) is 4. The van der Waals surface area contributed by atoms with Gasteiger partial charge in [-0.05, 0) is 214 Å². The lowest BCUT2D eigenvalue weighted by molar-refractivity contribution is 0.517. The summed E-state index contributed by atoms with van der Waals surface area (Å²) in [6.45, 7) is 0. The predicted molar refractivity (Wildman–Crippen MR) is 537 cm³/mol. The highest BCUT2D eigenvalue weighted by molar-refractivity contribution is 9.11. The molecule has 12 heteroatoms. The smallest absolute Gasteiger partial charge is 0.264 e. The van der Waals surface area contributed by atoms with Gasteiger partial charge in [0.05, 0.1) is 17.9 Å². The van der Waals surface area contributed by atoms with Crippen LogP contribution in [0.1, 0.15) is 114 Å². The second-order valence-corrected chi connectivity index (χ2v) is 51.5. The van der Waals surface area contributed by atoms with Gasteiger partial charge in [0.25, 0.3) is 33.3 Å². The van der Waals surface area contributed by atoms with Gasteiger partial charge >= 0.3 is 0 Å². The Morgan fingerprint density at radius 1 is 0.161 bits per heavy atom. The Morgan fingerprint density at radius 3 is 0.395 bits per heavy atom. The summed E-state index contributed by atoms with van der Waals surface area (Å²) in [5.41, 5.74) is 20.0. The zero-order chi connectivity index (χ0) is 84.7. The summed E-state index contributed by atoms with van der Waals surface area (Å²) < 4.78 is 35.4. The maximum atomic E-state index is 7.94. The van der Waals surface area contributed by atoms with Crippen molar-refractivity contribution in [3.8, 4) is 23.0 Å². The molecule has 0 aromatic heterocycles. The molecule has 0 fully saturated rings. The van der Waals surface area contributed by atoms with Crippen molar-refractivity contribution in [3.63, 3.8) is 0 Å². The van der Waals surface area contributed by atoms with E-state index in [1.165, 1.54) is 89.0 Å². The first-order chi connectivity index (χ1) is 60.8. The van der Waals surface area contributed by atoms with Crippen LogP contribution < -0.4 is 17.7 Å². The Labute approximate surface area is 771 Å². The maximum Gasteiger partial charge on any atom is 0.264 e. The normalized spacial score (nSPS) is 11.8. The molecule has 0 heterocycles. The van der Waals surface area contributed by atoms with Crippen molar-refractivity contribution in [2.75, 3.05) is 0 Å². The Balaban J connectivity index is 0.828. The molecule has 124 heavy (non-hydrogen) atoms. The van der Waals surface area contributed by atoms with E-state index < -0.39 is 33.3 Å². The van der Waals surface area contributed by atoms with Gasteiger partial charge in [0, 0.05) is 84.4 Å². The zero-order valence-electron chi connectivity index (χ0n) is 69.8. The minimum absolute atomic E-state index is 0.128. The summed E-state index contributed by atoms with van der Waals surface area (Å²) in [6.07, 6.45) is 1.50. The molecule has 0 amide bonds. The average molecular weight is 1940 g/mol. The van der Waals surface area contributed by atoms with Gasteiger partial charge in [-0.1, -0.05) is 388 Å². The van der Waals surface area contributed by atoms with E-state index in [1.807, 2.05) is 0 Å². The molecular weight excluding hydrogens is 1840 g/mol. The lowest BCUT2D eigenvalue weighted by Crippen LogP contribution is -2.50. The third-order valence-corrected chi connectivity index (χ3v) is 41.6. The SMILES string of the molecule is Brc1cc(C(CCC(c2ccc(O[Si](Cc3ccccc3)(Cc3ccccc3)Cc3ccccc3)c(Br)c2)c2ccc(O[Si](Cc3ccccc3)(Cc3ccccc3)Cc3ccccc3)c(Br)c2)c2ccc(O[Si](Cc3ccccc3)(Cc3ccccc3)Cc3ccccc3)c(Br)c2)ccc1O[Si](Cc1ccccc1)(Cc1ccccc1)Cc1ccccc1. The Morgan fingerprint density at radius 2 is 0.282 bits per heavy atom. The molecule has 0 unspecified atom stereocenters. The first-order valence-electron chi connectivity index (χ1n) is 43.2. The van der Waals surface area contributed by atoms with Crippen molar-refractivity contribution in [2.45, 2.75) is 97.2 Å². The van der Waals surface area contributed by atoms with Crippen molar-refractivity contribution in [3.05, 3.63) is 544 Å². The maximum absolute atomic E-state index is 7.94. The highest BCUT2D eigenvalue weighted by Gasteiger charge is 2.44. The lowest BCUT2D eigenvalue weighted by atomic mass is 9.81. The second-order valence-electron chi connectivity index (χ2n) is 33.5. The molecule has 16 aromatic carbocycles. The first-order valence-corrected chi connectivity index (χ1v) is 56.5. The predicted octanol–water partition coefficient (Wildman–Crippen LogP) is 29.2. The van der Waals surface area contributed by atoms with Crippen LogP contribution in [-0.4, -0.2) is 33.3 Å². The number of benzene rings is 16. The summed E-state index contributed by atoms with van der Waals surface area (Å²) in [4.78, 5) is 0. The lowest BCUT2D eigenvalue weighted by Gasteiger charge is -2.34. The summed E-state index contributed by atoms with van der Waals surface area (Å²) in [7, 11) is -11.3. The van der Waals surface area contributed by atoms with Crippen LogP contribution in [0.25, 0.3) is 0 Å². The first kappa shape index (κ1) is 87.0. The van der Waals surface area contributed by atoms with Crippen LogP contribution >= 0.6 is 63.7 Å². The average Bonchev–Trinajstić information content (AvgIpc) is 0.788. The summed E-state index contributed by atoms with van der Waals surface area (Å²) in [5, 5.41) is 0. The van der Waals surface area contributed by atoms with Crippen LogP contribution in [0.15, 0.2) is 455 Å². The van der Waals surface area contributed by atoms with E-state index in [9.17, 15) is 0 Å². The van der Waals surface area contributed by atoms with Gasteiger partial charge in [0.1, 0.15) is 23.0 Å². The Hall–Kier alpha value is -10.5. The quantitative estimate of drug-likeness (QED) is 0.0360. The fraction of sp³-hybridized carbons (Fsp3) is 0.143. The van der Waals surface area contributed by atoms with Crippen molar-refractivity contribution >= 4 is 97.0 Å². The van der Waals surface area contributed by atoms with Crippen LogP contribution in [0.3, 0.4) is 0 Å². The molecule has 0 aliphatic rings. The number of rotatable bonds is 39. The van der Waals surface area contributed by atoms with Gasteiger partial charge in [0.2, 0.25) is 0 Å². The number of halogens is 4. The molecule has 0 aliphatic carbocycles. The number of hydrogen-bond donors (Lipinski definition) is 0. The summed E-state index contributed by atoms with van der Waals surface area (Å²) >= 11 is 17.3. The van der Waals surface area contributed by atoms with Gasteiger partial charge in [0.15, 0.2) is 0 Å². The fourth-order valence-electron chi connectivity index (χ4n) is 18.4. The van der Waals surface area contributed by atoms with E-state index in [0.717, 1.165) is 126 Å². The summed E-state index contributed by atoms with van der Waals surface area (Å²) in [5.74, 6) is 3.14. The van der Waals surface area contributed by atoms with Gasteiger partial charge in [-0.15, -0.1) is 0 Å². The standard InChI is InChI=1S/C112H102Br4O4Si4/c113-105-71-99(61-67-109(105)117-121(75-87-37-13-1-14-38-87,76-88-39-15-2-16-40-88)77-89-41-17-3-18-42-89)103(100-62-68-110(106(114)72-100)118-122(78-90-43-19-4-20-44-90,79-91-45-21-5-22-46-91)80-92-47-23-6-24-48-92)65-66-104(101-63-69-111(107(115)73-101)119-123(81-93-49-25-7-26-50-93,82-94-51-27-8-28-52-94)83-95-53-29-9-30-54-95)102-64-70-112(108(116)74-102)120-124(84-96-55-31-10-32-56-96,85-97-57-33-11-34-58-97)86-98-59-35-12-36-60-98/h1-64,67-74,103-104H,65-66,75-86H2. The molecule has 0 spiro atoms. The molecule has 0 saturated heterocycles. The molecular formula is C112H102Br4O4Si4. The third kappa shape index (κ3) is 23.9. The van der Waals surface area contributed by atoms with Gasteiger partial charge in [-0.2, -0.15) is 0 Å². The topological polar surface area (TPSA) is 36.9 Å². The van der Waals surface area contributed by atoms with E-state index in [2.05, 4.69) is 500 Å². The molecule has 16 aromatic rings. The largest absolute Gasteiger partial charge is 0.542 e.